The molecule has 1 atom stereocenters. The molecule has 5 heteroatoms. The van der Waals surface area contributed by atoms with Crippen LogP contribution in [0.3, 0.4) is 0 Å². The Labute approximate surface area is 106 Å². The van der Waals surface area contributed by atoms with Crippen molar-refractivity contribution in [3.05, 3.63) is 0 Å². The summed E-state index contributed by atoms with van der Waals surface area (Å²) in [6.07, 6.45) is 4.26. The Morgan fingerprint density at radius 2 is 1.76 bits per heavy atom. The van der Waals surface area contributed by atoms with Crippen LogP contribution in [0.2, 0.25) is 0 Å². The van der Waals surface area contributed by atoms with Gasteiger partial charge in [-0.15, -0.1) is 11.8 Å². The van der Waals surface area contributed by atoms with E-state index in [0.29, 0.717) is 5.88 Å². The molecule has 2 heterocycles. The number of hydrogen-bond acceptors (Lipinski definition) is 3. The Kier molecular flexibility index (Phi) is 3.03. The summed E-state index contributed by atoms with van der Waals surface area (Å²) in [5.74, 6) is 2.12. The summed E-state index contributed by atoms with van der Waals surface area (Å²) in [5, 5.41) is 0. The molecule has 2 saturated heterocycles. The number of rotatable bonds is 2. The molecule has 0 bridgehead atoms. The van der Waals surface area contributed by atoms with E-state index in [1.807, 2.05) is 9.80 Å². The number of carbonyl (C=O) groups is 2. The first-order chi connectivity index (χ1) is 8.27. The first-order valence-electron chi connectivity index (χ1n) is 6.44. The number of nitrogens with zero attached hydrogens (tertiary/aromatic N) is 2. The molecule has 0 radical (unpaired) electrons. The highest BCUT2D eigenvalue weighted by atomic mass is 32.2. The van der Waals surface area contributed by atoms with Crippen LogP contribution >= 0.6 is 11.8 Å². The van der Waals surface area contributed by atoms with E-state index < -0.39 is 0 Å². The zero-order valence-corrected chi connectivity index (χ0v) is 10.7. The second-order valence-electron chi connectivity index (χ2n) is 5.13. The van der Waals surface area contributed by atoms with Crippen molar-refractivity contribution in [2.24, 2.45) is 5.92 Å². The van der Waals surface area contributed by atoms with E-state index in [0.717, 1.165) is 44.5 Å². The highest BCUT2D eigenvalue weighted by Gasteiger charge is 2.42. The van der Waals surface area contributed by atoms with Crippen molar-refractivity contribution in [1.82, 2.24) is 9.80 Å². The minimum absolute atomic E-state index is 0.175. The molecular formula is C12H18N2O2S. The summed E-state index contributed by atoms with van der Waals surface area (Å²) in [5.41, 5.74) is 0. The van der Waals surface area contributed by atoms with E-state index in [9.17, 15) is 9.59 Å². The van der Waals surface area contributed by atoms with Crippen LogP contribution in [0.4, 0.5) is 0 Å². The number of thioether (sulfide) groups is 1. The fourth-order valence-corrected chi connectivity index (χ4v) is 3.73. The number of carbonyl (C=O) groups excluding carboxylic acids is 2. The van der Waals surface area contributed by atoms with Gasteiger partial charge in [-0.05, 0) is 25.7 Å². The molecule has 0 N–H and O–H groups in total. The molecule has 1 unspecified atom stereocenters. The molecular weight excluding hydrogens is 236 g/mol. The van der Waals surface area contributed by atoms with Gasteiger partial charge in [0.15, 0.2) is 0 Å². The number of hydrogen-bond donors (Lipinski definition) is 0. The molecule has 0 aromatic rings. The predicted octanol–water partition coefficient (Wildman–Crippen LogP) is 0.920. The lowest BCUT2D eigenvalue weighted by atomic mass is 10.2. The molecule has 3 fully saturated rings. The van der Waals surface area contributed by atoms with E-state index in [4.69, 9.17) is 0 Å². The Balaban J connectivity index is 1.67. The third kappa shape index (κ3) is 2.17. The van der Waals surface area contributed by atoms with E-state index in [2.05, 4.69) is 0 Å². The normalized spacial score (nSPS) is 28.8. The van der Waals surface area contributed by atoms with Gasteiger partial charge in [0.1, 0.15) is 6.04 Å². The summed E-state index contributed by atoms with van der Waals surface area (Å²) in [7, 11) is 0. The van der Waals surface area contributed by atoms with Crippen molar-refractivity contribution in [1.29, 1.82) is 0 Å². The Bertz CT molecular complexity index is 337. The maximum absolute atomic E-state index is 12.3. The SMILES string of the molecule is O=C(C1CSCN1C(=O)C1CC1)N1CCCC1. The van der Waals surface area contributed by atoms with Crippen LogP contribution in [0.5, 0.6) is 0 Å². The van der Waals surface area contributed by atoms with Crippen molar-refractivity contribution < 1.29 is 9.59 Å². The van der Waals surface area contributed by atoms with Crippen LogP contribution in [0.25, 0.3) is 0 Å². The summed E-state index contributed by atoms with van der Waals surface area (Å²) >= 11 is 1.71. The van der Waals surface area contributed by atoms with Gasteiger partial charge in [-0.3, -0.25) is 9.59 Å². The van der Waals surface area contributed by atoms with Crippen LogP contribution in [-0.2, 0) is 9.59 Å². The average Bonchev–Trinajstić information content (AvgIpc) is 2.86. The van der Waals surface area contributed by atoms with Crippen molar-refractivity contribution in [3.8, 4) is 0 Å². The Morgan fingerprint density at radius 3 is 2.41 bits per heavy atom. The molecule has 2 amide bonds. The number of likely N-dealkylation sites (tertiary alicyclic amines) is 1. The molecule has 0 aromatic heterocycles. The highest BCUT2D eigenvalue weighted by Crippen LogP contribution is 2.35. The van der Waals surface area contributed by atoms with Crippen LogP contribution < -0.4 is 0 Å². The van der Waals surface area contributed by atoms with Crippen molar-refractivity contribution in [3.63, 3.8) is 0 Å². The molecule has 2 aliphatic heterocycles. The van der Waals surface area contributed by atoms with Crippen molar-refractivity contribution >= 4 is 23.6 Å². The molecule has 1 aliphatic carbocycles. The Morgan fingerprint density at radius 1 is 1.06 bits per heavy atom. The van der Waals surface area contributed by atoms with E-state index in [1.54, 1.807) is 11.8 Å². The first kappa shape index (κ1) is 11.4. The molecule has 4 nitrogen and oxygen atoms in total. The maximum Gasteiger partial charge on any atom is 0.246 e. The third-order valence-corrected chi connectivity index (χ3v) is 4.81. The number of amides is 2. The predicted molar refractivity (Wildman–Crippen MR) is 66.5 cm³/mol. The van der Waals surface area contributed by atoms with Gasteiger partial charge in [0.25, 0.3) is 0 Å². The lowest BCUT2D eigenvalue weighted by Crippen LogP contribution is -2.48. The fourth-order valence-electron chi connectivity index (χ4n) is 2.58. The molecule has 3 aliphatic rings. The van der Waals surface area contributed by atoms with Gasteiger partial charge < -0.3 is 9.80 Å². The smallest absolute Gasteiger partial charge is 0.246 e. The van der Waals surface area contributed by atoms with Gasteiger partial charge in [-0.25, -0.2) is 0 Å². The van der Waals surface area contributed by atoms with Gasteiger partial charge in [-0.2, -0.15) is 0 Å². The summed E-state index contributed by atoms with van der Waals surface area (Å²) < 4.78 is 0. The van der Waals surface area contributed by atoms with Gasteiger partial charge >= 0.3 is 0 Å². The van der Waals surface area contributed by atoms with Crippen LogP contribution in [-0.4, -0.2) is 52.4 Å². The minimum Gasteiger partial charge on any atom is -0.341 e. The monoisotopic (exact) mass is 254 g/mol. The molecule has 0 spiro atoms. The summed E-state index contributed by atoms with van der Waals surface area (Å²) in [6.45, 7) is 1.76. The largest absolute Gasteiger partial charge is 0.341 e. The lowest BCUT2D eigenvalue weighted by molar-refractivity contribution is -0.143. The van der Waals surface area contributed by atoms with Gasteiger partial charge in [0, 0.05) is 24.8 Å². The van der Waals surface area contributed by atoms with Gasteiger partial charge in [-0.1, -0.05) is 0 Å². The maximum atomic E-state index is 12.3. The van der Waals surface area contributed by atoms with Crippen molar-refractivity contribution in [2.45, 2.75) is 31.7 Å². The van der Waals surface area contributed by atoms with E-state index in [1.165, 1.54) is 0 Å². The molecule has 1 saturated carbocycles. The topological polar surface area (TPSA) is 40.6 Å². The van der Waals surface area contributed by atoms with Gasteiger partial charge in [0.05, 0.1) is 5.88 Å². The molecule has 17 heavy (non-hydrogen) atoms. The highest BCUT2D eigenvalue weighted by molar-refractivity contribution is 7.99. The zero-order chi connectivity index (χ0) is 11.8. The van der Waals surface area contributed by atoms with Gasteiger partial charge in [0.2, 0.25) is 11.8 Å². The summed E-state index contributed by atoms with van der Waals surface area (Å²) in [6, 6.07) is -0.175. The van der Waals surface area contributed by atoms with Crippen LogP contribution in [0, 0.1) is 5.92 Å². The van der Waals surface area contributed by atoms with E-state index >= 15 is 0 Å². The van der Waals surface area contributed by atoms with E-state index in [-0.39, 0.29) is 23.8 Å². The fraction of sp³-hybridized carbons (Fsp3) is 0.833. The molecule has 94 valence electrons. The van der Waals surface area contributed by atoms with Crippen molar-refractivity contribution in [2.75, 3.05) is 24.7 Å². The second-order valence-corrected chi connectivity index (χ2v) is 6.13. The molecule has 0 aromatic carbocycles. The zero-order valence-electron chi connectivity index (χ0n) is 9.93. The van der Waals surface area contributed by atoms with Crippen LogP contribution in [0.1, 0.15) is 25.7 Å². The standard InChI is InChI=1S/C12H18N2O2S/c15-11(9-3-4-9)14-8-17-7-10(14)12(16)13-5-1-2-6-13/h9-10H,1-8H2. The average molecular weight is 254 g/mol. The van der Waals surface area contributed by atoms with Crippen LogP contribution in [0.15, 0.2) is 0 Å². The quantitative estimate of drug-likeness (QED) is 0.736. The second kappa shape index (κ2) is 4.52. The first-order valence-corrected chi connectivity index (χ1v) is 7.60. The summed E-state index contributed by atoms with van der Waals surface area (Å²) in [4.78, 5) is 28.2. The Hall–Kier alpha value is -0.710. The molecule has 3 rings (SSSR count). The lowest BCUT2D eigenvalue weighted by Gasteiger charge is -2.27. The minimum atomic E-state index is -0.175. The third-order valence-electron chi connectivity index (χ3n) is 3.79.